The van der Waals surface area contributed by atoms with Gasteiger partial charge >= 0.3 is 0 Å². The smallest absolute Gasteiger partial charge is 0.108 e. The zero-order valence-electron chi connectivity index (χ0n) is 23.4. The summed E-state index contributed by atoms with van der Waals surface area (Å²) in [6, 6.07) is -0.0620. The lowest BCUT2D eigenvalue weighted by atomic mass is 9.65. The first-order chi connectivity index (χ1) is 17.2. The minimum absolute atomic E-state index is 0.0620. The molecule has 1 saturated heterocycles. The Morgan fingerprint density at radius 2 is 1.42 bits per heavy atom. The highest BCUT2D eigenvalue weighted by atomic mass is 16.3. The lowest BCUT2D eigenvalue weighted by Crippen LogP contribution is -2.55. The first-order valence-corrected chi connectivity index (χ1v) is 15.5. The van der Waals surface area contributed by atoms with Crippen LogP contribution in [-0.4, -0.2) is 58.5 Å². The van der Waals surface area contributed by atoms with Gasteiger partial charge in [-0.2, -0.15) is 0 Å². The highest BCUT2D eigenvalue weighted by molar-refractivity contribution is 4.94. The Balaban J connectivity index is 1.45. The maximum atomic E-state index is 11.8. The van der Waals surface area contributed by atoms with Crippen molar-refractivity contribution in [2.75, 3.05) is 13.1 Å². The Labute approximate surface area is 220 Å². The monoisotopic (exact) mass is 507 g/mol. The first kappa shape index (κ1) is 28.8. The number of hydrogen-bond donors (Lipinski definition) is 6. The van der Waals surface area contributed by atoms with Gasteiger partial charge in [-0.05, 0) is 109 Å². The van der Waals surface area contributed by atoms with E-state index in [1.165, 1.54) is 44.9 Å². The molecule has 9 atom stereocenters. The fourth-order valence-corrected chi connectivity index (χ4v) is 8.24. The molecule has 0 spiro atoms. The van der Waals surface area contributed by atoms with E-state index in [0.29, 0.717) is 11.8 Å². The molecule has 0 aromatic heterocycles. The number of fused-ring (bicyclic) bond motifs is 1. The third-order valence-electron chi connectivity index (χ3n) is 10.2. The molecule has 4 fully saturated rings. The second kappa shape index (κ2) is 13.2. The van der Waals surface area contributed by atoms with E-state index in [4.69, 9.17) is 0 Å². The molecule has 6 heteroatoms. The fraction of sp³-hybridized carbons (Fsp3) is 1.00. The Hall–Kier alpha value is -0.240. The van der Waals surface area contributed by atoms with Gasteiger partial charge in [0.25, 0.3) is 0 Å². The topological polar surface area (TPSA) is 96.8 Å². The van der Waals surface area contributed by atoms with Crippen molar-refractivity contribution in [3.63, 3.8) is 0 Å². The normalized spacial score (nSPS) is 36.0. The quantitative estimate of drug-likeness (QED) is 0.263. The SMILES string of the molecule is CC(C)(C)NC(O)C1CCCCC1C[C@@H](O)[C@@H](NC(O)C1CCNCC1)C1CCC2CCCCC2C1. The summed E-state index contributed by atoms with van der Waals surface area (Å²) in [5.41, 5.74) is -0.137. The first-order valence-electron chi connectivity index (χ1n) is 15.5. The number of nitrogens with one attached hydrogen (secondary N) is 3. The lowest BCUT2D eigenvalue weighted by Gasteiger charge is -2.45. The molecule has 210 valence electrons. The average molecular weight is 508 g/mol. The molecule has 36 heavy (non-hydrogen) atoms. The predicted molar refractivity (Wildman–Crippen MR) is 146 cm³/mol. The molecule has 6 nitrogen and oxygen atoms in total. The predicted octanol–water partition coefficient (Wildman–Crippen LogP) is 4.13. The van der Waals surface area contributed by atoms with Crippen LogP contribution in [0.25, 0.3) is 0 Å². The van der Waals surface area contributed by atoms with Crippen molar-refractivity contribution in [2.24, 2.45) is 35.5 Å². The molecule has 0 aromatic rings. The largest absolute Gasteiger partial charge is 0.391 e. The van der Waals surface area contributed by atoms with Gasteiger partial charge < -0.3 is 20.6 Å². The van der Waals surface area contributed by atoms with E-state index in [-0.39, 0.29) is 23.4 Å². The molecule has 7 unspecified atom stereocenters. The Morgan fingerprint density at radius 1 is 0.750 bits per heavy atom. The van der Waals surface area contributed by atoms with Crippen LogP contribution in [0.5, 0.6) is 0 Å². The van der Waals surface area contributed by atoms with E-state index < -0.39 is 18.6 Å². The van der Waals surface area contributed by atoms with Gasteiger partial charge in [-0.15, -0.1) is 0 Å². The average Bonchev–Trinajstić information content (AvgIpc) is 2.86. The third-order valence-corrected chi connectivity index (χ3v) is 10.2. The van der Waals surface area contributed by atoms with Crippen molar-refractivity contribution in [1.29, 1.82) is 0 Å². The molecule has 6 N–H and O–H groups in total. The van der Waals surface area contributed by atoms with E-state index in [9.17, 15) is 15.3 Å². The van der Waals surface area contributed by atoms with Crippen LogP contribution in [-0.2, 0) is 0 Å². The summed E-state index contributed by atoms with van der Waals surface area (Å²) in [6.45, 7) is 8.24. The zero-order chi connectivity index (χ0) is 25.7. The van der Waals surface area contributed by atoms with Crippen molar-refractivity contribution in [3.8, 4) is 0 Å². The second-order valence-corrected chi connectivity index (χ2v) is 14.0. The van der Waals surface area contributed by atoms with E-state index in [2.05, 4.69) is 36.7 Å². The Morgan fingerprint density at radius 3 is 2.14 bits per heavy atom. The van der Waals surface area contributed by atoms with Gasteiger partial charge in [0, 0.05) is 23.4 Å². The molecule has 0 aromatic carbocycles. The molecule has 1 aliphatic heterocycles. The van der Waals surface area contributed by atoms with E-state index in [1.54, 1.807) is 0 Å². The summed E-state index contributed by atoms with van der Waals surface area (Å²) in [6.07, 6.45) is 14.7. The number of rotatable bonds is 9. The van der Waals surface area contributed by atoms with Crippen molar-refractivity contribution in [1.82, 2.24) is 16.0 Å². The van der Waals surface area contributed by atoms with E-state index in [0.717, 1.165) is 69.9 Å². The number of hydrogen-bond acceptors (Lipinski definition) is 6. The van der Waals surface area contributed by atoms with Crippen LogP contribution in [0.1, 0.15) is 111 Å². The van der Waals surface area contributed by atoms with Gasteiger partial charge in [-0.25, -0.2) is 0 Å². The van der Waals surface area contributed by atoms with E-state index >= 15 is 0 Å². The molecular weight excluding hydrogens is 450 g/mol. The summed E-state index contributed by atoms with van der Waals surface area (Å²) in [5, 5.41) is 44.5. The molecule has 0 amide bonds. The molecule has 4 aliphatic rings. The van der Waals surface area contributed by atoms with Crippen LogP contribution in [0, 0.1) is 35.5 Å². The lowest BCUT2D eigenvalue weighted by molar-refractivity contribution is -0.0386. The minimum Gasteiger partial charge on any atom is -0.391 e. The van der Waals surface area contributed by atoms with Gasteiger partial charge in [0.2, 0.25) is 0 Å². The van der Waals surface area contributed by atoms with Crippen molar-refractivity contribution in [2.45, 2.75) is 141 Å². The molecular formula is C30H57N3O3. The second-order valence-electron chi connectivity index (χ2n) is 14.0. The molecule has 4 rings (SSSR count). The van der Waals surface area contributed by atoms with Gasteiger partial charge in [0.05, 0.1) is 6.10 Å². The van der Waals surface area contributed by atoms with Crippen LogP contribution < -0.4 is 16.0 Å². The third kappa shape index (κ3) is 7.89. The fourth-order valence-electron chi connectivity index (χ4n) is 8.24. The van der Waals surface area contributed by atoms with Gasteiger partial charge in [-0.3, -0.25) is 10.6 Å². The van der Waals surface area contributed by atoms with Gasteiger partial charge in [-0.1, -0.05) is 38.5 Å². The maximum Gasteiger partial charge on any atom is 0.108 e. The zero-order valence-corrected chi connectivity index (χ0v) is 23.4. The Bertz CT molecular complexity index is 650. The van der Waals surface area contributed by atoms with Gasteiger partial charge in [0.15, 0.2) is 0 Å². The van der Waals surface area contributed by atoms with E-state index in [1.807, 2.05) is 0 Å². The van der Waals surface area contributed by atoms with Gasteiger partial charge in [0.1, 0.15) is 12.5 Å². The number of piperidine rings is 1. The molecule has 0 bridgehead atoms. The van der Waals surface area contributed by atoms with Crippen LogP contribution in [0.4, 0.5) is 0 Å². The standard InChI is InChI=1S/C30H57N3O3/c1-30(2,3)33-29(36)25-11-7-6-10-23(25)19-26(34)27(32-28(35)21-14-16-31-17-15-21)24-13-12-20-8-4-5-9-22(20)18-24/h20-29,31-36H,4-19H2,1-3H3/t20?,22?,23?,24?,25?,26-,27+,28?,29?/m1/s1. The number of aliphatic hydroxyl groups is 3. The highest BCUT2D eigenvalue weighted by Gasteiger charge is 2.41. The van der Waals surface area contributed by atoms with Crippen molar-refractivity contribution in [3.05, 3.63) is 0 Å². The summed E-state index contributed by atoms with van der Waals surface area (Å²) in [4.78, 5) is 0. The van der Waals surface area contributed by atoms with Crippen molar-refractivity contribution < 1.29 is 15.3 Å². The Kier molecular flexibility index (Phi) is 10.6. The molecule has 3 saturated carbocycles. The van der Waals surface area contributed by atoms with Crippen LogP contribution in [0.3, 0.4) is 0 Å². The summed E-state index contributed by atoms with van der Waals surface area (Å²) >= 11 is 0. The highest BCUT2D eigenvalue weighted by Crippen LogP contribution is 2.45. The summed E-state index contributed by atoms with van der Waals surface area (Å²) in [7, 11) is 0. The summed E-state index contributed by atoms with van der Waals surface area (Å²) < 4.78 is 0. The van der Waals surface area contributed by atoms with Crippen LogP contribution >= 0.6 is 0 Å². The van der Waals surface area contributed by atoms with Crippen molar-refractivity contribution >= 4 is 0 Å². The van der Waals surface area contributed by atoms with Crippen LogP contribution in [0.15, 0.2) is 0 Å². The molecule has 3 aliphatic carbocycles. The maximum absolute atomic E-state index is 11.8. The number of aliphatic hydroxyl groups excluding tert-OH is 3. The summed E-state index contributed by atoms with van der Waals surface area (Å²) in [5.74, 6) is 2.85. The minimum atomic E-state index is -0.550. The van der Waals surface area contributed by atoms with Crippen LogP contribution in [0.2, 0.25) is 0 Å². The molecule has 0 radical (unpaired) electrons. The molecule has 1 heterocycles.